The standard InChI is InChI=1S/C11H13Cl2NO4S/c1-14(7-11-17-4-5-18-11)19(15,16)8-2-3-9(12)10(13)6-8/h2-3,6,11H,4-5,7H2,1H3. The van der Waals surface area contributed by atoms with Crippen LogP contribution in [0.25, 0.3) is 0 Å². The number of ether oxygens (including phenoxy) is 2. The quantitative estimate of drug-likeness (QED) is 0.849. The van der Waals surface area contributed by atoms with Crippen LogP contribution in [0.4, 0.5) is 0 Å². The van der Waals surface area contributed by atoms with Crippen LogP contribution in [0.5, 0.6) is 0 Å². The highest BCUT2D eigenvalue weighted by Gasteiger charge is 2.26. The number of likely N-dealkylation sites (N-methyl/N-ethyl adjacent to an activating group) is 1. The van der Waals surface area contributed by atoms with Crippen molar-refractivity contribution in [3.63, 3.8) is 0 Å². The van der Waals surface area contributed by atoms with E-state index in [4.69, 9.17) is 32.7 Å². The largest absolute Gasteiger partial charge is 0.349 e. The maximum Gasteiger partial charge on any atom is 0.243 e. The summed E-state index contributed by atoms with van der Waals surface area (Å²) in [6.07, 6.45) is -0.525. The van der Waals surface area contributed by atoms with Gasteiger partial charge in [-0.3, -0.25) is 0 Å². The molecular formula is C11H13Cl2NO4S. The minimum absolute atomic E-state index is 0.0856. The highest BCUT2D eigenvalue weighted by molar-refractivity contribution is 7.89. The van der Waals surface area contributed by atoms with Crippen LogP contribution >= 0.6 is 23.2 Å². The minimum atomic E-state index is -3.64. The lowest BCUT2D eigenvalue weighted by Crippen LogP contribution is -2.34. The van der Waals surface area contributed by atoms with E-state index in [2.05, 4.69) is 0 Å². The van der Waals surface area contributed by atoms with Gasteiger partial charge in [-0.2, -0.15) is 4.31 Å². The van der Waals surface area contributed by atoms with Gasteiger partial charge in [0.1, 0.15) is 0 Å². The molecule has 5 nitrogen and oxygen atoms in total. The van der Waals surface area contributed by atoms with Crippen LogP contribution < -0.4 is 0 Å². The van der Waals surface area contributed by atoms with Crippen molar-refractivity contribution in [2.45, 2.75) is 11.2 Å². The first-order valence-electron chi connectivity index (χ1n) is 5.56. The van der Waals surface area contributed by atoms with Gasteiger partial charge in [-0.15, -0.1) is 0 Å². The highest BCUT2D eigenvalue weighted by atomic mass is 35.5. The molecule has 1 aliphatic rings. The van der Waals surface area contributed by atoms with Crippen molar-refractivity contribution in [2.24, 2.45) is 0 Å². The number of sulfonamides is 1. The monoisotopic (exact) mass is 325 g/mol. The van der Waals surface area contributed by atoms with Crippen molar-refractivity contribution in [3.8, 4) is 0 Å². The highest BCUT2D eigenvalue weighted by Crippen LogP contribution is 2.26. The van der Waals surface area contributed by atoms with Crippen molar-refractivity contribution in [2.75, 3.05) is 26.8 Å². The molecule has 0 bridgehead atoms. The summed E-state index contributed by atoms with van der Waals surface area (Å²) in [5, 5.41) is 0.509. The van der Waals surface area contributed by atoms with Crippen molar-refractivity contribution in [1.82, 2.24) is 4.31 Å². The normalized spacial score (nSPS) is 17.3. The molecule has 2 rings (SSSR count). The Morgan fingerprint density at radius 2 is 1.89 bits per heavy atom. The number of hydrogen-bond acceptors (Lipinski definition) is 4. The van der Waals surface area contributed by atoms with E-state index in [0.29, 0.717) is 18.2 Å². The van der Waals surface area contributed by atoms with Crippen LogP contribution in [0.2, 0.25) is 10.0 Å². The summed E-state index contributed by atoms with van der Waals surface area (Å²) in [5.41, 5.74) is 0. The number of nitrogens with zero attached hydrogens (tertiary/aromatic N) is 1. The summed E-state index contributed by atoms with van der Waals surface area (Å²) in [5.74, 6) is 0. The van der Waals surface area contributed by atoms with Crippen LogP contribution in [0.15, 0.2) is 23.1 Å². The average Bonchev–Trinajstić information content (AvgIpc) is 2.85. The van der Waals surface area contributed by atoms with E-state index in [0.717, 1.165) is 0 Å². The minimum Gasteiger partial charge on any atom is -0.349 e. The van der Waals surface area contributed by atoms with Gasteiger partial charge in [0.25, 0.3) is 0 Å². The summed E-state index contributed by atoms with van der Waals surface area (Å²) in [6, 6.07) is 4.19. The van der Waals surface area contributed by atoms with E-state index in [1.807, 2.05) is 0 Å². The zero-order valence-electron chi connectivity index (χ0n) is 10.2. The summed E-state index contributed by atoms with van der Waals surface area (Å²) in [6.45, 7) is 1.08. The zero-order valence-corrected chi connectivity index (χ0v) is 12.5. The molecule has 1 saturated heterocycles. The fraction of sp³-hybridized carbons (Fsp3) is 0.455. The SMILES string of the molecule is CN(CC1OCCO1)S(=O)(=O)c1ccc(Cl)c(Cl)c1. The molecule has 1 heterocycles. The number of benzene rings is 1. The Morgan fingerprint density at radius 1 is 1.26 bits per heavy atom. The smallest absolute Gasteiger partial charge is 0.243 e. The summed E-state index contributed by atoms with van der Waals surface area (Å²) >= 11 is 11.6. The summed E-state index contributed by atoms with van der Waals surface area (Å²) in [4.78, 5) is 0.0856. The first-order valence-corrected chi connectivity index (χ1v) is 7.75. The first kappa shape index (κ1) is 15.0. The molecule has 0 amide bonds. The van der Waals surface area contributed by atoms with Gasteiger partial charge < -0.3 is 9.47 Å². The predicted molar refractivity (Wildman–Crippen MR) is 72.0 cm³/mol. The van der Waals surface area contributed by atoms with Crippen molar-refractivity contribution in [3.05, 3.63) is 28.2 Å². The van der Waals surface area contributed by atoms with Crippen molar-refractivity contribution in [1.29, 1.82) is 0 Å². The van der Waals surface area contributed by atoms with Crippen LogP contribution in [0.1, 0.15) is 0 Å². The van der Waals surface area contributed by atoms with Gasteiger partial charge in [-0.1, -0.05) is 23.2 Å². The number of hydrogen-bond donors (Lipinski definition) is 0. The summed E-state index contributed by atoms with van der Waals surface area (Å²) in [7, 11) is -2.17. The van der Waals surface area contributed by atoms with E-state index in [1.165, 1.54) is 29.6 Å². The molecule has 1 aromatic carbocycles. The van der Waals surface area contributed by atoms with E-state index >= 15 is 0 Å². The molecule has 0 atom stereocenters. The number of halogens is 2. The topological polar surface area (TPSA) is 55.8 Å². The van der Waals surface area contributed by atoms with Crippen LogP contribution in [0, 0.1) is 0 Å². The molecule has 0 aromatic heterocycles. The lowest BCUT2D eigenvalue weighted by molar-refractivity contribution is -0.0482. The second kappa shape index (κ2) is 5.95. The average molecular weight is 326 g/mol. The molecule has 106 valence electrons. The predicted octanol–water partition coefficient (Wildman–Crippen LogP) is 1.99. The van der Waals surface area contributed by atoms with E-state index in [-0.39, 0.29) is 16.5 Å². The molecule has 1 fully saturated rings. The maximum atomic E-state index is 12.3. The van der Waals surface area contributed by atoms with Crippen molar-refractivity contribution >= 4 is 33.2 Å². The van der Waals surface area contributed by atoms with Gasteiger partial charge in [0.2, 0.25) is 10.0 Å². The second-order valence-electron chi connectivity index (χ2n) is 4.03. The summed E-state index contributed by atoms with van der Waals surface area (Å²) < 4.78 is 36.2. The van der Waals surface area contributed by atoms with Gasteiger partial charge >= 0.3 is 0 Å². The van der Waals surface area contributed by atoms with E-state index in [9.17, 15) is 8.42 Å². The Labute approximate surface area is 122 Å². The third kappa shape index (κ3) is 3.39. The van der Waals surface area contributed by atoms with E-state index in [1.54, 1.807) is 0 Å². The lowest BCUT2D eigenvalue weighted by Gasteiger charge is -2.20. The van der Waals surface area contributed by atoms with Gasteiger partial charge in [0.05, 0.1) is 34.7 Å². The molecule has 8 heteroatoms. The van der Waals surface area contributed by atoms with Gasteiger partial charge in [0, 0.05) is 7.05 Å². The molecule has 1 aliphatic heterocycles. The molecule has 0 spiro atoms. The molecular weight excluding hydrogens is 313 g/mol. The Hall–Kier alpha value is -0.370. The van der Waals surface area contributed by atoms with Gasteiger partial charge in [0.15, 0.2) is 6.29 Å². The fourth-order valence-corrected chi connectivity index (χ4v) is 3.19. The van der Waals surface area contributed by atoms with Crippen LogP contribution in [0.3, 0.4) is 0 Å². The third-order valence-corrected chi connectivity index (χ3v) is 5.25. The Balaban J connectivity index is 2.18. The first-order chi connectivity index (χ1) is 8.91. The van der Waals surface area contributed by atoms with Gasteiger partial charge in [-0.05, 0) is 18.2 Å². The molecule has 0 unspecified atom stereocenters. The Morgan fingerprint density at radius 3 is 2.47 bits per heavy atom. The zero-order chi connectivity index (χ0) is 14.0. The fourth-order valence-electron chi connectivity index (χ4n) is 1.64. The molecule has 0 saturated carbocycles. The number of rotatable bonds is 4. The lowest BCUT2D eigenvalue weighted by atomic mass is 10.4. The maximum absolute atomic E-state index is 12.3. The molecule has 19 heavy (non-hydrogen) atoms. The molecule has 0 N–H and O–H groups in total. The van der Waals surface area contributed by atoms with Crippen molar-refractivity contribution < 1.29 is 17.9 Å². The Bertz CT molecular complexity index is 558. The third-order valence-electron chi connectivity index (χ3n) is 2.70. The molecule has 0 aliphatic carbocycles. The molecule has 1 aromatic rings. The second-order valence-corrected chi connectivity index (χ2v) is 6.89. The van der Waals surface area contributed by atoms with Crippen LogP contribution in [-0.2, 0) is 19.5 Å². The molecule has 0 radical (unpaired) electrons. The Kier molecular flexibility index (Phi) is 4.70. The van der Waals surface area contributed by atoms with Gasteiger partial charge in [-0.25, -0.2) is 8.42 Å². The van der Waals surface area contributed by atoms with E-state index < -0.39 is 16.3 Å². The van der Waals surface area contributed by atoms with Crippen LogP contribution in [-0.4, -0.2) is 45.8 Å².